The summed E-state index contributed by atoms with van der Waals surface area (Å²) in [6, 6.07) is 10.8. The molecule has 1 fully saturated rings. The van der Waals surface area contributed by atoms with Gasteiger partial charge in [0.15, 0.2) is 0 Å². The van der Waals surface area contributed by atoms with Gasteiger partial charge in [0.05, 0.1) is 0 Å². The van der Waals surface area contributed by atoms with Crippen LogP contribution in [-0.2, 0) is 11.3 Å². The molecule has 1 aromatic carbocycles. The maximum absolute atomic E-state index is 11.6. The Kier molecular flexibility index (Phi) is 8.94. The monoisotopic (exact) mass is 346 g/mol. The van der Waals surface area contributed by atoms with Crippen LogP contribution in [0.25, 0.3) is 0 Å². The van der Waals surface area contributed by atoms with Crippen LogP contribution in [0.1, 0.15) is 38.2 Å². The number of nitrogens with one attached hydrogen (secondary N) is 1. The van der Waals surface area contributed by atoms with E-state index in [-0.39, 0.29) is 11.9 Å². The lowest BCUT2D eigenvalue weighted by molar-refractivity contribution is -0.121. The summed E-state index contributed by atoms with van der Waals surface area (Å²) in [4.78, 5) is 16.7. The van der Waals surface area contributed by atoms with Crippen molar-refractivity contribution in [3.8, 4) is 0 Å². The molecule has 1 aliphatic heterocycles. The number of piperazine rings is 1. The van der Waals surface area contributed by atoms with Crippen molar-refractivity contribution in [1.29, 1.82) is 0 Å². The molecule has 1 aromatic rings. The van der Waals surface area contributed by atoms with Crippen molar-refractivity contribution in [3.63, 3.8) is 0 Å². The van der Waals surface area contributed by atoms with Crippen molar-refractivity contribution in [2.75, 3.05) is 39.3 Å². The minimum Gasteiger partial charge on any atom is -0.356 e. The molecule has 5 heteroatoms. The highest BCUT2D eigenvalue weighted by Gasteiger charge is 2.16. The molecular formula is C20H34N4O. The molecule has 140 valence electrons. The van der Waals surface area contributed by atoms with Crippen molar-refractivity contribution in [2.45, 2.75) is 45.2 Å². The molecule has 0 saturated carbocycles. The predicted molar refractivity (Wildman–Crippen MR) is 103 cm³/mol. The third-order valence-electron chi connectivity index (χ3n) is 4.76. The van der Waals surface area contributed by atoms with Crippen molar-refractivity contribution in [1.82, 2.24) is 15.1 Å². The van der Waals surface area contributed by atoms with Gasteiger partial charge in [-0.1, -0.05) is 30.3 Å². The zero-order chi connectivity index (χ0) is 17.9. The summed E-state index contributed by atoms with van der Waals surface area (Å²) in [7, 11) is 0. The van der Waals surface area contributed by atoms with Crippen LogP contribution in [0, 0.1) is 0 Å². The second-order valence-electron chi connectivity index (χ2n) is 7.18. The molecule has 0 bridgehead atoms. The summed E-state index contributed by atoms with van der Waals surface area (Å²) in [5, 5.41) is 2.99. The first-order chi connectivity index (χ1) is 12.1. The number of nitrogens with two attached hydrogens (primary N) is 1. The van der Waals surface area contributed by atoms with Crippen LogP contribution in [0.15, 0.2) is 30.3 Å². The van der Waals surface area contributed by atoms with Crippen LogP contribution in [0.4, 0.5) is 0 Å². The summed E-state index contributed by atoms with van der Waals surface area (Å²) in [6.45, 7) is 9.49. The number of hydrogen-bond acceptors (Lipinski definition) is 4. The lowest BCUT2D eigenvalue weighted by Crippen LogP contribution is -2.46. The van der Waals surface area contributed by atoms with Gasteiger partial charge in [-0.05, 0) is 38.3 Å². The maximum atomic E-state index is 11.6. The zero-order valence-electron chi connectivity index (χ0n) is 15.6. The molecule has 1 amide bonds. The van der Waals surface area contributed by atoms with Gasteiger partial charge in [0.2, 0.25) is 5.91 Å². The molecule has 3 N–H and O–H groups in total. The van der Waals surface area contributed by atoms with E-state index in [2.05, 4.69) is 45.4 Å². The molecule has 5 nitrogen and oxygen atoms in total. The van der Waals surface area contributed by atoms with Gasteiger partial charge >= 0.3 is 0 Å². The summed E-state index contributed by atoms with van der Waals surface area (Å²) >= 11 is 0. The average molecular weight is 347 g/mol. The van der Waals surface area contributed by atoms with E-state index >= 15 is 0 Å². The van der Waals surface area contributed by atoms with E-state index in [0.29, 0.717) is 6.42 Å². The highest BCUT2D eigenvalue weighted by Crippen LogP contribution is 2.09. The molecule has 1 atom stereocenters. The van der Waals surface area contributed by atoms with Gasteiger partial charge in [-0.3, -0.25) is 9.69 Å². The molecular weight excluding hydrogens is 312 g/mol. The number of amides is 1. The predicted octanol–water partition coefficient (Wildman–Crippen LogP) is 1.83. The van der Waals surface area contributed by atoms with Crippen LogP contribution in [-0.4, -0.2) is 61.0 Å². The first-order valence-corrected chi connectivity index (χ1v) is 9.64. The Morgan fingerprint density at radius 3 is 2.48 bits per heavy atom. The first kappa shape index (κ1) is 19.9. The molecule has 0 spiro atoms. The normalized spacial score (nSPS) is 17.4. The number of carbonyl (C=O) groups excluding carboxylic acids is 1. The average Bonchev–Trinajstić information content (AvgIpc) is 2.62. The second-order valence-corrected chi connectivity index (χ2v) is 7.18. The van der Waals surface area contributed by atoms with Crippen LogP contribution in [0.5, 0.6) is 0 Å². The summed E-state index contributed by atoms with van der Waals surface area (Å²) in [5.41, 5.74) is 7.06. The van der Waals surface area contributed by atoms with Crippen molar-refractivity contribution in [3.05, 3.63) is 35.9 Å². The molecule has 0 aromatic heterocycles. The number of unbranched alkanes of at least 4 members (excludes halogenated alkanes) is 1. The van der Waals surface area contributed by atoms with Gasteiger partial charge in [-0.2, -0.15) is 0 Å². The fourth-order valence-corrected chi connectivity index (χ4v) is 3.15. The maximum Gasteiger partial charge on any atom is 0.220 e. The van der Waals surface area contributed by atoms with Crippen LogP contribution >= 0.6 is 0 Å². The SMILES string of the molecule is CC(N)CCC(=O)NCCCCN1CCN(Cc2ccccc2)CC1. The highest BCUT2D eigenvalue weighted by molar-refractivity contribution is 5.75. The Bertz CT molecular complexity index is 484. The Morgan fingerprint density at radius 1 is 1.12 bits per heavy atom. The van der Waals surface area contributed by atoms with Gasteiger partial charge in [0, 0.05) is 51.7 Å². The fraction of sp³-hybridized carbons (Fsp3) is 0.650. The van der Waals surface area contributed by atoms with Crippen molar-refractivity contribution < 1.29 is 4.79 Å². The third kappa shape index (κ3) is 8.47. The van der Waals surface area contributed by atoms with Crippen molar-refractivity contribution in [2.24, 2.45) is 5.73 Å². The lowest BCUT2D eigenvalue weighted by atomic mass is 10.2. The molecule has 2 rings (SSSR count). The van der Waals surface area contributed by atoms with E-state index in [9.17, 15) is 4.79 Å². The molecule has 1 aliphatic rings. The van der Waals surface area contributed by atoms with Gasteiger partial charge < -0.3 is 16.0 Å². The Hall–Kier alpha value is -1.43. The zero-order valence-corrected chi connectivity index (χ0v) is 15.6. The number of carbonyl (C=O) groups is 1. The Morgan fingerprint density at radius 2 is 1.80 bits per heavy atom. The van der Waals surface area contributed by atoms with E-state index < -0.39 is 0 Å². The molecule has 1 heterocycles. The fourth-order valence-electron chi connectivity index (χ4n) is 3.15. The largest absolute Gasteiger partial charge is 0.356 e. The number of nitrogens with zero attached hydrogens (tertiary/aromatic N) is 2. The molecule has 0 radical (unpaired) electrons. The standard InChI is InChI=1S/C20H34N4O/c1-18(21)9-10-20(25)22-11-5-6-12-23-13-15-24(16-14-23)17-19-7-3-2-4-8-19/h2-4,7-8,18H,5-6,9-17,21H2,1H3,(H,22,25). The number of rotatable bonds is 10. The molecule has 0 aliphatic carbocycles. The van der Waals surface area contributed by atoms with Crippen LogP contribution in [0.2, 0.25) is 0 Å². The summed E-state index contributed by atoms with van der Waals surface area (Å²) in [5.74, 6) is 0.131. The highest BCUT2D eigenvalue weighted by atomic mass is 16.1. The number of benzene rings is 1. The Balaban J connectivity index is 1.49. The molecule has 1 saturated heterocycles. The molecule has 25 heavy (non-hydrogen) atoms. The van der Waals surface area contributed by atoms with E-state index in [0.717, 1.165) is 65.1 Å². The van der Waals surface area contributed by atoms with E-state index in [1.54, 1.807) is 0 Å². The van der Waals surface area contributed by atoms with E-state index in [1.165, 1.54) is 5.56 Å². The van der Waals surface area contributed by atoms with Crippen molar-refractivity contribution >= 4 is 5.91 Å². The van der Waals surface area contributed by atoms with Gasteiger partial charge in [-0.15, -0.1) is 0 Å². The minimum absolute atomic E-state index is 0.103. The minimum atomic E-state index is 0.103. The molecule has 1 unspecified atom stereocenters. The quantitative estimate of drug-likeness (QED) is 0.635. The number of hydrogen-bond donors (Lipinski definition) is 2. The summed E-state index contributed by atoms with van der Waals surface area (Å²) < 4.78 is 0. The van der Waals surface area contributed by atoms with Gasteiger partial charge in [0.25, 0.3) is 0 Å². The third-order valence-corrected chi connectivity index (χ3v) is 4.76. The van der Waals surface area contributed by atoms with E-state index in [4.69, 9.17) is 5.73 Å². The van der Waals surface area contributed by atoms with Gasteiger partial charge in [0.1, 0.15) is 0 Å². The second kappa shape index (κ2) is 11.2. The smallest absolute Gasteiger partial charge is 0.220 e. The summed E-state index contributed by atoms with van der Waals surface area (Å²) in [6.07, 6.45) is 3.50. The van der Waals surface area contributed by atoms with Crippen LogP contribution < -0.4 is 11.1 Å². The lowest BCUT2D eigenvalue weighted by Gasteiger charge is -2.34. The first-order valence-electron chi connectivity index (χ1n) is 9.64. The van der Waals surface area contributed by atoms with Gasteiger partial charge in [-0.25, -0.2) is 0 Å². The van der Waals surface area contributed by atoms with E-state index in [1.807, 2.05) is 6.92 Å². The topological polar surface area (TPSA) is 61.6 Å². The Labute approximate surface area is 152 Å². The van der Waals surface area contributed by atoms with Crippen LogP contribution in [0.3, 0.4) is 0 Å².